The molecule has 0 N–H and O–H groups in total. The zero-order chi connectivity index (χ0) is 8.89. The third-order valence-electron chi connectivity index (χ3n) is 3.75. The van der Waals surface area contributed by atoms with Crippen molar-refractivity contribution in [3.05, 3.63) is 0 Å². The molecule has 1 saturated heterocycles. The van der Waals surface area contributed by atoms with Gasteiger partial charge in [0.05, 0.1) is 13.2 Å². The molecule has 0 aromatic carbocycles. The summed E-state index contributed by atoms with van der Waals surface area (Å²) in [6.07, 6.45) is 3.62. The Balaban J connectivity index is 1.89. The molecule has 3 aliphatic rings. The Morgan fingerprint density at radius 1 is 1.23 bits per heavy atom. The average Bonchev–Trinajstić information content (AvgIpc) is 2.76. The first kappa shape index (κ1) is 7.94. The summed E-state index contributed by atoms with van der Waals surface area (Å²) in [5.74, 6) is 0.693. The Kier molecular flexibility index (Phi) is 1.56. The Morgan fingerprint density at radius 3 is 2.77 bits per heavy atom. The number of carbonyl (C=O) groups excluding carboxylic acids is 1. The topological polar surface area (TPSA) is 35.5 Å². The van der Waals surface area contributed by atoms with Crippen LogP contribution in [-0.2, 0) is 14.3 Å². The molecule has 3 nitrogen and oxygen atoms in total. The van der Waals surface area contributed by atoms with E-state index in [1.165, 1.54) is 0 Å². The SMILES string of the molecule is O=C1CC[C@@H]2[C@H]1CCC21OCCO1. The maximum Gasteiger partial charge on any atom is 0.171 e. The van der Waals surface area contributed by atoms with Crippen LogP contribution in [0.5, 0.6) is 0 Å². The van der Waals surface area contributed by atoms with Crippen LogP contribution in [0.2, 0.25) is 0 Å². The van der Waals surface area contributed by atoms with E-state index in [0.29, 0.717) is 24.9 Å². The van der Waals surface area contributed by atoms with Crippen LogP contribution in [0.25, 0.3) is 0 Å². The zero-order valence-electron chi connectivity index (χ0n) is 7.62. The molecular weight excluding hydrogens is 168 g/mol. The van der Waals surface area contributed by atoms with Crippen molar-refractivity contribution in [2.45, 2.75) is 31.5 Å². The molecule has 2 aliphatic carbocycles. The van der Waals surface area contributed by atoms with Crippen LogP contribution in [0.1, 0.15) is 25.7 Å². The Labute approximate surface area is 77.4 Å². The van der Waals surface area contributed by atoms with E-state index in [2.05, 4.69) is 0 Å². The van der Waals surface area contributed by atoms with E-state index in [1.54, 1.807) is 0 Å². The van der Waals surface area contributed by atoms with Crippen LogP contribution >= 0.6 is 0 Å². The molecule has 2 atom stereocenters. The molecule has 0 amide bonds. The summed E-state index contributed by atoms with van der Waals surface area (Å²) in [5.41, 5.74) is 0. The van der Waals surface area contributed by atoms with Gasteiger partial charge in [0.1, 0.15) is 5.78 Å². The minimum absolute atomic E-state index is 0.248. The quantitative estimate of drug-likeness (QED) is 0.563. The maximum atomic E-state index is 11.5. The van der Waals surface area contributed by atoms with Gasteiger partial charge in [-0.05, 0) is 12.8 Å². The molecule has 0 bridgehead atoms. The molecule has 3 rings (SSSR count). The highest BCUT2D eigenvalue weighted by Crippen LogP contribution is 2.51. The van der Waals surface area contributed by atoms with E-state index >= 15 is 0 Å². The lowest BCUT2D eigenvalue weighted by atomic mass is 9.96. The van der Waals surface area contributed by atoms with Crippen molar-refractivity contribution in [1.29, 1.82) is 0 Å². The second-order valence-electron chi connectivity index (χ2n) is 4.27. The summed E-state index contributed by atoms with van der Waals surface area (Å²) < 4.78 is 11.4. The largest absolute Gasteiger partial charge is 0.347 e. The molecular formula is C10H14O3. The Morgan fingerprint density at radius 2 is 2.00 bits per heavy atom. The molecule has 0 unspecified atom stereocenters. The second-order valence-corrected chi connectivity index (χ2v) is 4.27. The number of rotatable bonds is 0. The molecule has 0 aromatic heterocycles. The van der Waals surface area contributed by atoms with Gasteiger partial charge >= 0.3 is 0 Å². The highest BCUT2D eigenvalue weighted by molar-refractivity contribution is 5.84. The van der Waals surface area contributed by atoms with E-state index < -0.39 is 0 Å². The number of Topliss-reactive ketones (excluding diaryl/α,β-unsaturated/α-hetero) is 1. The number of ether oxygens (including phenoxy) is 2. The van der Waals surface area contributed by atoms with E-state index in [0.717, 1.165) is 25.7 Å². The molecule has 3 fully saturated rings. The molecule has 2 saturated carbocycles. The van der Waals surface area contributed by atoms with E-state index in [9.17, 15) is 4.79 Å². The van der Waals surface area contributed by atoms with Crippen molar-refractivity contribution in [1.82, 2.24) is 0 Å². The van der Waals surface area contributed by atoms with Crippen molar-refractivity contribution >= 4 is 5.78 Å². The van der Waals surface area contributed by atoms with Gasteiger partial charge in [-0.2, -0.15) is 0 Å². The summed E-state index contributed by atoms with van der Waals surface area (Å²) >= 11 is 0. The highest BCUT2D eigenvalue weighted by Gasteiger charge is 2.56. The molecule has 1 spiro atoms. The van der Waals surface area contributed by atoms with Crippen LogP contribution in [0, 0.1) is 11.8 Å². The van der Waals surface area contributed by atoms with Gasteiger partial charge in [0, 0.05) is 24.7 Å². The van der Waals surface area contributed by atoms with Crippen LogP contribution in [0.15, 0.2) is 0 Å². The minimum atomic E-state index is -0.350. The monoisotopic (exact) mass is 182 g/mol. The lowest BCUT2D eigenvalue weighted by Gasteiger charge is -2.28. The minimum Gasteiger partial charge on any atom is -0.347 e. The normalized spacial score (nSPS) is 41.7. The number of hydrogen-bond donors (Lipinski definition) is 0. The van der Waals surface area contributed by atoms with Crippen LogP contribution in [-0.4, -0.2) is 24.8 Å². The van der Waals surface area contributed by atoms with Crippen LogP contribution in [0.3, 0.4) is 0 Å². The predicted octanol–water partition coefficient (Wildman–Crippen LogP) is 1.12. The van der Waals surface area contributed by atoms with Crippen LogP contribution in [0.4, 0.5) is 0 Å². The first-order valence-electron chi connectivity index (χ1n) is 5.12. The number of hydrogen-bond acceptors (Lipinski definition) is 3. The van der Waals surface area contributed by atoms with E-state index in [1.807, 2.05) is 0 Å². The van der Waals surface area contributed by atoms with Gasteiger partial charge in [0.2, 0.25) is 0 Å². The number of fused-ring (bicyclic) bond motifs is 2. The third-order valence-corrected chi connectivity index (χ3v) is 3.75. The fourth-order valence-electron chi connectivity index (χ4n) is 3.17. The van der Waals surface area contributed by atoms with Gasteiger partial charge in [0.25, 0.3) is 0 Å². The van der Waals surface area contributed by atoms with Crippen LogP contribution < -0.4 is 0 Å². The van der Waals surface area contributed by atoms with Crippen molar-refractivity contribution < 1.29 is 14.3 Å². The smallest absolute Gasteiger partial charge is 0.171 e. The lowest BCUT2D eigenvalue weighted by molar-refractivity contribution is -0.183. The number of ketones is 1. The summed E-state index contributed by atoms with van der Waals surface area (Å²) in [7, 11) is 0. The number of carbonyl (C=O) groups is 1. The highest BCUT2D eigenvalue weighted by atomic mass is 16.7. The molecule has 0 radical (unpaired) electrons. The summed E-state index contributed by atoms with van der Waals surface area (Å²) in [6.45, 7) is 1.41. The van der Waals surface area contributed by atoms with Crippen molar-refractivity contribution in [2.75, 3.05) is 13.2 Å². The molecule has 1 heterocycles. The predicted molar refractivity (Wildman–Crippen MR) is 45.1 cm³/mol. The van der Waals surface area contributed by atoms with Crippen molar-refractivity contribution in [3.63, 3.8) is 0 Å². The summed E-state index contributed by atoms with van der Waals surface area (Å²) in [5, 5.41) is 0. The average molecular weight is 182 g/mol. The van der Waals surface area contributed by atoms with Gasteiger partial charge in [-0.15, -0.1) is 0 Å². The maximum absolute atomic E-state index is 11.5. The summed E-state index contributed by atoms with van der Waals surface area (Å²) in [6, 6.07) is 0. The van der Waals surface area contributed by atoms with Crippen molar-refractivity contribution in [2.24, 2.45) is 11.8 Å². The fourth-order valence-corrected chi connectivity index (χ4v) is 3.17. The Hall–Kier alpha value is -0.410. The third kappa shape index (κ3) is 0.945. The standard InChI is InChI=1S/C10H14O3/c11-9-2-1-8-7(9)3-4-10(8)12-5-6-13-10/h7-8H,1-6H2/t7-,8-/m1/s1. The first-order chi connectivity index (χ1) is 6.32. The molecule has 3 heteroatoms. The van der Waals surface area contributed by atoms with E-state index in [-0.39, 0.29) is 11.7 Å². The Bertz CT molecular complexity index is 243. The van der Waals surface area contributed by atoms with Gasteiger partial charge in [-0.25, -0.2) is 0 Å². The van der Waals surface area contributed by atoms with Gasteiger partial charge < -0.3 is 9.47 Å². The van der Waals surface area contributed by atoms with Gasteiger partial charge in [0.15, 0.2) is 5.79 Å². The molecule has 1 aliphatic heterocycles. The first-order valence-corrected chi connectivity index (χ1v) is 5.12. The molecule has 13 heavy (non-hydrogen) atoms. The van der Waals surface area contributed by atoms with Gasteiger partial charge in [-0.1, -0.05) is 0 Å². The molecule has 72 valence electrons. The second kappa shape index (κ2) is 2.55. The summed E-state index contributed by atoms with van der Waals surface area (Å²) in [4.78, 5) is 11.5. The fraction of sp³-hybridized carbons (Fsp3) is 0.900. The molecule has 0 aromatic rings. The van der Waals surface area contributed by atoms with E-state index in [4.69, 9.17) is 9.47 Å². The zero-order valence-corrected chi connectivity index (χ0v) is 7.62. The van der Waals surface area contributed by atoms with Gasteiger partial charge in [-0.3, -0.25) is 4.79 Å². The van der Waals surface area contributed by atoms with Crippen molar-refractivity contribution in [3.8, 4) is 0 Å². The lowest BCUT2D eigenvalue weighted by Crippen LogP contribution is -2.35.